The van der Waals surface area contributed by atoms with Crippen molar-refractivity contribution >= 4 is 5.78 Å². The predicted octanol–water partition coefficient (Wildman–Crippen LogP) is 0.773. The molecule has 0 aromatic heterocycles. The van der Waals surface area contributed by atoms with Crippen molar-refractivity contribution in [1.29, 1.82) is 0 Å². The highest BCUT2D eigenvalue weighted by Crippen LogP contribution is 2.11. The van der Waals surface area contributed by atoms with Crippen LogP contribution in [0.3, 0.4) is 0 Å². The van der Waals surface area contributed by atoms with Crippen molar-refractivity contribution in [3.05, 3.63) is 34.9 Å². The maximum atomic E-state index is 12.1. The number of carbonyl (C=O) groups excluding carboxylic acids is 1. The van der Waals surface area contributed by atoms with E-state index in [1.165, 1.54) is 0 Å². The highest BCUT2D eigenvalue weighted by Gasteiger charge is 2.13. The number of hydrogen-bond acceptors (Lipinski definition) is 4. The molecule has 18 heavy (non-hydrogen) atoms. The summed E-state index contributed by atoms with van der Waals surface area (Å²) in [5.74, 6) is 0.0226. The number of Topliss-reactive ketones (excluding diaryl/α,β-unsaturated/α-hetero) is 1. The molecule has 2 N–H and O–H groups in total. The van der Waals surface area contributed by atoms with Gasteiger partial charge in [0.25, 0.3) is 0 Å². The summed E-state index contributed by atoms with van der Waals surface area (Å²) >= 11 is 0. The molecule has 100 valence electrons. The zero-order valence-electron chi connectivity index (χ0n) is 11.0. The zero-order valence-corrected chi connectivity index (χ0v) is 11.0. The number of aliphatic hydroxyl groups excluding tert-OH is 2. The van der Waals surface area contributed by atoms with Gasteiger partial charge in [-0.25, -0.2) is 0 Å². The summed E-state index contributed by atoms with van der Waals surface area (Å²) in [7, 11) is 0. The van der Waals surface area contributed by atoms with Crippen molar-refractivity contribution in [2.24, 2.45) is 0 Å². The summed E-state index contributed by atoms with van der Waals surface area (Å²) in [6.07, 6.45) is 0. The standard InChI is InChI=1S/C14H21NO3/c1-11-3-4-13(12(2)9-11)14(18)10-15(5-7-16)6-8-17/h3-4,9,16-17H,5-8,10H2,1-2H3. The summed E-state index contributed by atoms with van der Waals surface area (Å²) in [6, 6.07) is 5.74. The Labute approximate surface area is 108 Å². The lowest BCUT2D eigenvalue weighted by Gasteiger charge is -2.19. The van der Waals surface area contributed by atoms with Gasteiger partial charge < -0.3 is 10.2 Å². The van der Waals surface area contributed by atoms with Crippen LogP contribution in [-0.4, -0.2) is 53.7 Å². The van der Waals surface area contributed by atoms with E-state index >= 15 is 0 Å². The Kier molecular flexibility index (Phi) is 5.98. The van der Waals surface area contributed by atoms with Crippen LogP contribution in [0.5, 0.6) is 0 Å². The van der Waals surface area contributed by atoms with Crippen LogP contribution in [-0.2, 0) is 0 Å². The molecule has 0 spiro atoms. The van der Waals surface area contributed by atoms with Gasteiger partial charge in [0.15, 0.2) is 5.78 Å². The van der Waals surface area contributed by atoms with Gasteiger partial charge in [0.1, 0.15) is 0 Å². The first kappa shape index (κ1) is 14.8. The van der Waals surface area contributed by atoms with Crippen molar-refractivity contribution in [2.45, 2.75) is 13.8 Å². The minimum Gasteiger partial charge on any atom is -0.395 e. The number of aryl methyl sites for hydroxylation is 2. The smallest absolute Gasteiger partial charge is 0.177 e. The number of aliphatic hydroxyl groups is 2. The Morgan fingerprint density at radius 2 is 1.78 bits per heavy atom. The molecule has 0 saturated heterocycles. The number of nitrogens with zero attached hydrogens (tertiary/aromatic N) is 1. The molecule has 0 radical (unpaired) electrons. The fourth-order valence-electron chi connectivity index (χ4n) is 1.97. The lowest BCUT2D eigenvalue weighted by atomic mass is 10.0. The summed E-state index contributed by atoms with van der Waals surface area (Å²) in [5, 5.41) is 17.8. The molecule has 0 atom stereocenters. The van der Waals surface area contributed by atoms with E-state index in [0.29, 0.717) is 18.7 Å². The zero-order chi connectivity index (χ0) is 13.5. The van der Waals surface area contributed by atoms with Gasteiger partial charge in [-0.2, -0.15) is 0 Å². The van der Waals surface area contributed by atoms with Gasteiger partial charge >= 0.3 is 0 Å². The summed E-state index contributed by atoms with van der Waals surface area (Å²) in [5.41, 5.74) is 2.81. The third-order valence-electron chi connectivity index (χ3n) is 2.88. The Morgan fingerprint density at radius 3 is 2.28 bits per heavy atom. The van der Waals surface area contributed by atoms with E-state index in [9.17, 15) is 4.79 Å². The third-order valence-corrected chi connectivity index (χ3v) is 2.88. The minimum absolute atomic E-state index is 0.0137. The summed E-state index contributed by atoms with van der Waals surface area (Å²) in [4.78, 5) is 13.9. The fraction of sp³-hybridized carbons (Fsp3) is 0.500. The van der Waals surface area contributed by atoms with Crippen LogP contribution in [0.1, 0.15) is 21.5 Å². The van der Waals surface area contributed by atoms with E-state index in [-0.39, 0.29) is 25.5 Å². The van der Waals surface area contributed by atoms with Gasteiger partial charge in [0.05, 0.1) is 19.8 Å². The average molecular weight is 251 g/mol. The second-order valence-electron chi connectivity index (χ2n) is 4.46. The Hall–Kier alpha value is -1.23. The molecule has 1 aromatic rings. The van der Waals surface area contributed by atoms with Crippen LogP contribution < -0.4 is 0 Å². The third kappa shape index (κ3) is 4.22. The molecule has 0 bridgehead atoms. The molecule has 0 fully saturated rings. The normalized spacial score (nSPS) is 10.9. The van der Waals surface area contributed by atoms with Crippen molar-refractivity contribution in [1.82, 2.24) is 4.90 Å². The number of hydrogen-bond donors (Lipinski definition) is 2. The molecule has 0 heterocycles. The van der Waals surface area contributed by atoms with Crippen molar-refractivity contribution < 1.29 is 15.0 Å². The van der Waals surface area contributed by atoms with Crippen molar-refractivity contribution in [2.75, 3.05) is 32.8 Å². The molecular formula is C14H21NO3. The molecule has 4 nitrogen and oxygen atoms in total. The molecule has 0 aliphatic rings. The largest absolute Gasteiger partial charge is 0.395 e. The molecule has 4 heteroatoms. The second-order valence-corrected chi connectivity index (χ2v) is 4.46. The van der Waals surface area contributed by atoms with Gasteiger partial charge in [-0.05, 0) is 19.4 Å². The minimum atomic E-state index is -0.0137. The lowest BCUT2D eigenvalue weighted by molar-refractivity contribution is 0.0893. The fourth-order valence-corrected chi connectivity index (χ4v) is 1.97. The van der Waals surface area contributed by atoms with E-state index in [1.54, 1.807) is 4.90 Å². The van der Waals surface area contributed by atoms with Gasteiger partial charge in [-0.1, -0.05) is 23.8 Å². The van der Waals surface area contributed by atoms with Crippen LogP contribution in [0.2, 0.25) is 0 Å². The van der Waals surface area contributed by atoms with Crippen LogP contribution in [0.25, 0.3) is 0 Å². The molecule has 0 saturated carbocycles. The topological polar surface area (TPSA) is 60.8 Å². The van der Waals surface area contributed by atoms with E-state index < -0.39 is 0 Å². The van der Waals surface area contributed by atoms with Crippen LogP contribution >= 0.6 is 0 Å². The first-order chi connectivity index (χ1) is 8.58. The monoisotopic (exact) mass is 251 g/mol. The highest BCUT2D eigenvalue weighted by atomic mass is 16.3. The van der Waals surface area contributed by atoms with Crippen LogP contribution in [0.15, 0.2) is 18.2 Å². The van der Waals surface area contributed by atoms with E-state index in [4.69, 9.17) is 10.2 Å². The molecular weight excluding hydrogens is 230 g/mol. The molecule has 1 aromatic carbocycles. The van der Waals surface area contributed by atoms with E-state index in [0.717, 1.165) is 11.1 Å². The van der Waals surface area contributed by atoms with E-state index in [1.807, 2.05) is 32.0 Å². The van der Waals surface area contributed by atoms with Crippen LogP contribution in [0.4, 0.5) is 0 Å². The predicted molar refractivity (Wildman–Crippen MR) is 70.9 cm³/mol. The van der Waals surface area contributed by atoms with Crippen molar-refractivity contribution in [3.8, 4) is 0 Å². The molecule has 1 rings (SSSR count). The number of rotatable bonds is 7. The number of benzene rings is 1. The van der Waals surface area contributed by atoms with Crippen molar-refractivity contribution in [3.63, 3.8) is 0 Å². The molecule has 0 amide bonds. The summed E-state index contributed by atoms with van der Waals surface area (Å²) < 4.78 is 0. The second kappa shape index (κ2) is 7.26. The van der Waals surface area contributed by atoms with E-state index in [2.05, 4.69) is 0 Å². The SMILES string of the molecule is Cc1ccc(C(=O)CN(CCO)CCO)c(C)c1. The lowest BCUT2D eigenvalue weighted by Crippen LogP contribution is -2.34. The molecule has 0 aliphatic heterocycles. The first-order valence-electron chi connectivity index (χ1n) is 6.13. The Balaban J connectivity index is 2.73. The maximum Gasteiger partial charge on any atom is 0.177 e. The maximum absolute atomic E-state index is 12.1. The first-order valence-corrected chi connectivity index (χ1v) is 6.13. The van der Waals surface area contributed by atoms with Gasteiger partial charge in [-0.3, -0.25) is 9.69 Å². The number of carbonyl (C=O) groups is 1. The molecule has 0 unspecified atom stereocenters. The van der Waals surface area contributed by atoms with Crippen LogP contribution in [0, 0.1) is 13.8 Å². The van der Waals surface area contributed by atoms with Gasteiger partial charge in [-0.15, -0.1) is 0 Å². The quantitative estimate of drug-likeness (QED) is 0.703. The van der Waals surface area contributed by atoms with Gasteiger partial charge in [0.2, 0.25) is 0 Å². The Morgan fingerprint density at radius 1 is 1.17 bits per heavy atom. The Bertz CT molecular complexity index is 398. The van der Waals surface area contributed by atoms with Gasteiger partial charge in [0, 0.05) is 18.7 Å². The summed E-state index contributed by atoms with van der Waals surface area (Å²) in [6.45, 7) is 4.91. The average Bonchev–Trinajstić information content (AvgIpc) is 2.29. The number of ketones is 1. The highest BCUT2D eigenvalue weighted by molar-refractivity contribution is 5.98. The molecule has 0 aliphatic carbocycles.